The molecule has 0 aliphatic carbocycles. The predicted molar refractivity (Wildman–Crippen MR) is 53.5 cm³/mol. The highest BCUT2D eigenvalue weighted by Crippen LogP contribution is 2.18. The summed E-state index contributed by atoms with van der Waals surface area (Å²) >= 11 is 11.6. The first-order valence-electron chi connectivity index (χ1n) is 3.54. The van der Waals surface area contributed by atoms with Gasteiger partial charge in [-0.1, -0.05) is 28.4 Å². The molecule has 0 saturated heterocycles. The molecule has 1 rings (SSSR count). The molecule has 0 aromatic carbocycles. The van der Waals surface area contributed by atoms with E-state index in [0.717, 1.165) is 0 Å². The van der Waals surface area contributed by atoms with Crippen LogP contribution in [0.25, 0.3) is 0 Å². The van der Waals surface area contributed by atoms with Crippen LogP contribution in [0.2, 0.25) is 10.0 Å². The fourth-order valence-electron chi connectivity index (χ4n) is 0.861. The number of nitrogens with zero attached hydrogens (tertiary/aromatic N) is 2. The molecule has 0 amide bonds. The molecule has 1 heterocycles. The van der Waals surface area contributed by atoms with Crippen molar-refractivity contribution in [3.63, 3.8) is 0 Å². The molecule has 0 radical (unpaired) electrons. The molecule has 0 aliphatic rings. The van der Waals surface area contributed by atoms with Crippen molar-refractivity contribution in [3.05, 3.63) is 28.0 Å². The van der Waals surface area contributed by atoms with Gasteiger partial charge in [0.15, 0.2) is 0 Å². The predicted octanol–water partition coefficient (Wildman–Crippen LogP) is 2.76. The van der Waals surface area contributed by atoms with Crippen LogP contribution in [0.1, 0.15) is 12.6 Å². The van der Waals surface area contributed by atoms with Gasteiger partial charge in [0.1, 0.15) is 18.5 Å². The van der Waals surface area contributed by atoms with Gasteiger partial charge in [0.2, 0.25) is 0 Å². The summed E-state index contributed by atoms with van der Waals surface area (Å²) in [5, 5.41) is 4.67. The Hall–Kier alpha value is -0.800. The molecule has 0 fully saturated rings. The Bertz CT molecular complexity index is 339. The number of hydrogen-bond donors (Lipinski definition) is 0. The van der Waals surface area contributed by atoms with E-state index in [1.165, 1.54) is 13.3 Å². The van der Waals surface area contributed by atoms with Gasteiger partial charge in [-0.15, -0.1) is 0 Å². The molecule has 0 aliphatic heterocycles. The third kappa shape index (κ3) is 2.57. The normalized spacial score (nSPS) is 11.5. The SMILES string of the molecule is CON=C(C)c1ncc(Cl)cc1Cl. The molecule has 13 heavy (non-hydrogen) atoms. The lowest BCUT2D eigenvalue weighted by Crippen LogP contribution is -1.99. The van der Waals surface area contributed by atoms with E-state index >= 15 is 0 Å². The van der Waals surface area contributed by atoms with Crippen LogP contribution < -0.4 is 0 Å². The maximum absolute atomic E-state index is 5.88. The van der Waals surface area contributed by atoms with Crippen LogP contribution in [0.4, 0.5) is 0 Å². The summed E-state index contributed by atoms with van der Waals surface area (Å²) < 4.78 is 0. The Labute approximate surface area is 86.3 Å². The zero-order valence-corrected chi connectivity index (χ0v) is 8.73. The van der Waals surface area contributed by atoms with Crippen molar-refractivity contribution >= 4 is 28.9 Å². The summed E-state index contributed by atoms with van der Waals surface area (Å²) in [7, 11) is 1.47. The van der Waals surface area contributed by atoms with Crippen LogP contribution in [0.5, 0.6) is 0 Å². The number of hydrogen-bond acceptors (Lipinski definition) is 3. The Morgan fingerprint density at radius 1 is 1.54 bits per heavy atom. The second-order valence-electron chi connectivity index (χ2n) is 2.34. The summed E-state index contributed by atoms with van der Waals surface area (Å²) in [6, 6.07) is 1.61. The van der Waals surface area contributed by atoms with Gasteiger partial charge in [-0.05, 0) is 13.0 Å². The van der Waals surface area contributed by atoms with E-state index in [1.54, 1.807) is 13.0 Å². The molecular formula is C8H8Cl2N2O. The Morgan fingerprint density at radius 2 is 2.23 bits per heavy atom. The number of pyridine rings is 1. The average Bonchev–Trinajstić information content (AvgIpc) is 2.04. The highest BCUT2D eigenvalue weighted by molar-refractivity contribution is 6.36. The van der Waals surface area contributed by atoms with Crippen LogP contribution in [0.15, 0.2) is 17.4 Å². The smallest absolute Gasteiger partial charge is 0.106 e. The first-order valence-corrected chi connectivity index (χ1v) is 4.30. The first kappa shape index (κ1) is 10.3. The summed E-state index contributed by atoms with van der Waals surface area (Å²) in [5.41, 5.74) is 1.19. The lowest BCUT2D eigenvalue weighted by Gasteiger charge is -2.01. The van der Waals surface area contributed by atoms with E-state index in [-0.39, 0.29) is 0 Å². The van der Waals surface area contributed by atoms with Crippen LogP contribution in [-0.4, -0.2) is 17.8 Å². The van der Waals surface area contributed by atoms with Crippen molar-refractivity contribution in [1.82, 2.24) is 4.98 Å². The van der Waals surface area contributed by atoms with Gasteiger partial charge in [0, 0.05) is 6.20 Å². The standard InChI is InChI=1S/C8H8Cl2N2O/c1-5(12-13-2)8-7(10)3-6(9)4-11-8/h3-4H,1-2H3. The van der Waals surface area contributed by atoms with Gasteiger partial charge in [0.05, 0.1) is 10.0 Å². The molecule has 5 heteroatoms. The summed E-state index contributed by atoms with van der Waals surface area (Å²) in [4.78, 5) is 8.62. The monoisotopic (exact) mass is 218 g/mol. The Balaban J connectivity index is 3.09. The molecule has 0 unspecified atom stereocenters. The lowest BCUT2D eigenvalue weighted by molar-refractivity contribution is 0.213. The number of oxime groups is 1. The maximum atomic E-state index is 5.88. The molecule has 0 spiro atoms. The summed E-state index contributed by atoms with van der Waals surface area (Å²) in [6.07, 6.45) is 1.51. The average molecular weight is 219 g/mol. The minimum absolute atomic E-state index is 0.464. The summed E-state index contributed by atoms with van der Waals surface area (Å²) in [5.74, 6) is 0. The molecule has 1 aromatic heterocycles. The Kier molecular flexibility index (Phi) is 3.51. The van der Waals surface area contributed by atoms with Crippen molar-refractivity contribution in [2.24, 2.45) is 5.16 Å². The molecule has 3 nitrogen and oxygen atoms in total. The minimum atomic E-state index is 0.464. The fourth-order valence-corrected chi connectivity index (χ4v) is 1.38. The Morgan fingerprint density at radius 3 is 2.77 bits per heavy atom. The van der Waals surface area contributed by atoms with Crippen LogP contribution in [-0.2, 0) is 4.84 Å². The van der Waals surface area contributed by atoms with Gasteiger partial charge in [-0.2, -0.15) is 0 Å². The van der Waals surface area contributed by atoms with Crippen molar-refractivity contribution in [3.8, 4) is 0 Å². The van der Waals surface area contributed by atoms with Crippen molar-refractivity contribution in [1.29, 1.82) is 0 Å². The molecule has 0 bridgehead atoms. The molecule has 0 atom stereocenters. The van der Waals surface area contributed by atoms with E-state index in [4.69, 9.17) is 23.2 Å². The van der Waals surface area contributed by atoms with Gasteiger partial charge in [0.25, 0.3) is 0 Å². The molecule has 0 N–H and O–H groups in total. The lowest BCUT2D eigenvalue weighted by atomic mass is 10.2. The summed E-state index contributed by atoms with van der Waals surface area (Å²) in [6.45, 7) is 1.76. The van der Waals surface area contributed by atoms with Gasteiger partial charge < -0.3 is 4.84 Å². The number of rotatable bonds is 2. The first-order chi connectivity index (χ1) is 6.15. The second-order valence-corrected chi connectivity index (χ2v) is 3.19. The van der Waals surface area contributed by atoms with E-state index in [9.17, 15) is 0 Å². The minimum Gasteiger partial charge on any atom is -0.399 e. The van der Waals surface area contributed by atoms with Crippen LogP contribution in [0.3, 0.4) is 0 Å². The number of halogens is 2. The highest BCUT2D eigenvalue weighted by atomic mass is 35.5. The van der Waals surface area contributed by atoms with Gasteiger partial charge in [-0.3, -0.25) is 4.98 Å². The van der Waals surface area contributed by atoms with E-state index < -0.39 is 0 Å². The third-order valence-corrected chi connectivity index (χ3v) is 1.87. The van der Waals surface area contributed by atoms with E-state index in [0.29, 0.717) is 21.5 Å². The van der Waals surface area contributed by atoms with Gasteiger partial charge in [-0.25, -0.2) is 0 Å². The third-order valence-electron chi connectivity index (χ3n) is 1.38. The van der Waals surface area contributed by atoms with Crippen LogP contribution >= 0.6 is 23.2 Å². The number of aromatic nitrogens is 1. The quantitative estimate of drug-likeness (QED) is 0.566. The maximum Gasteiger partial charge on any atom is 0.106 e. The zero-order valence-electron chi connectivity index (χ0n) is 7.21. The van der Waals surface area contributed by atoms with Crippen LogP contribution in [0, 0.1) is 0 Å². The highest BCUT2D eigenvalue weighted by Gasteiger charge is 2.06. The molecule has 0 saturated carbocycles. The van der Waals surface area contributed by atoms with Gasteiger partial charge >= 0.3 is 0 Å². The van der Waals surface area contributed by atoms with Crippen molar-refractivity contribution < 1.29 is 4.84 Å². The fraction of sp³-hybridized carbons (Fsp3) is 0.250. The van der Waals surface area contributed by atoms with E-state index in [1.807, 2.05) is 0 Å². The van der Waals surface area contributed by atoms with Crippen molar-refractivity contribution in [2.75, 3.05) is 7.11 Å². The second kappa shape index (κ2) is 4.44. The largest absolute Gasteiger partial charge is 0.399 e. The molecule has 1 aromatic rings. The van der Waals surface area contributed by atoms with Crippen molar-refractivity contribution in [2.45, 2.75) is 6.92 Å². The molecule has 70 valence electrons. The topological polar surface area (TPSA) is 34.5 Å². The zero-order chi connectivity index (χ0) is 9.84. The molecular weight excluding hydrogens is 211 g/mol. The van der Waals surface area contributed by atoms with E-state index in [2.05, 4.69) is 15.0 Å².